The van der Waals surface area contributed by atoms with Gasteiger partial charge in [-0.1, -0.05) is 18.2 Å². The molecular formula is C18H18N4O2. The van der Waals surface area contributed by atoms with Crippen molar-refractivity contribution in [1.82, 2.24) is 20.1 Å². The molecule has 0 saturated carbocycles. The summed E-state index contributed by atoms with van der Waals surface area (Å²) in [5, 5.41) is 8.84. The number of hydrogen-bond donors (Lipinski definition) is 1. The van der Waals surface area contributed by atoms with Gasteiger partial charge < -0.3 is 14.6 Å². The Morgan fingerprint density at radius 1 is 1.29 bits per heavy atom. The van der Waals surface area contributed by atoms with Gasteiger partial charge in [-0.25, -0.2) is 0 Å². The minimum atomic E-state index is -0.0198. The fourth-order valence-corrected chi connectivity index (χ4v) is 3.12. The Hall–Kier alpha value is -2.89. The second kappa shape index (κ2) is 6.31. The van der Waals surface area contributed by atoms with Crippen molar-refractivity contribution in [1.29, 1.82) is 0 Å². The zero-order valence-electron chi connectivity index (χ0n) is 13.2. The maximum Gasteiger partial charge on any atom is 0.233 e. The smallest absolute Gasteiger partial charge is 0.233 e. The van der Waals surface area contributed by atoms with Crippen LogP contribution in [0.3, 0.4) is 0 Å². The Morgan fingerprint density at radius 3 is 3.08 bits per heavy atom. The van der Waals surface area contributed by atoms with Crippen LogP contribution in [0.1, 0.15) is 12.0 Å². The van der Waals surface area contributed by atoms with Gasteiger partial charge in [-0.2, -0.15) is 5.10 Å². The van der Waals surface area contributed by atoms with Gasteiger partial charge in [-0.05, 0) is 17.7 Å². The second-order valence-corrected chi connectivity index (χ2v) is 5.97. The largest absolute Gasteiger partial charge is 0.471 e. The van der Waals surface area contributed by atoms with E-state index in [0.717, 1.165) is 22.9 Å². The number of nitrogens with one attached hydrogen (secondary N) is 1. The number of benzene rings is 1. The highest BCUT2D eigenvalue weighted by Gasteiger charge is 2.28. The van der Waals surface area contributed by atoms with Crippen LogP contribution >= 0.6 is 0 Å². The summed E-state index contributed by atoms with van der Waals surface area (Å²) < 4.78 is 5.79. The Labute approximate surface area is 139 Å². The molecule has 0 radical (unpaired) electrons. The van der Waals surface area contributed by atoms with Crippen molar-refractivity contribution < 1.29 is 9.53 Å². The molecule has 3 aromatic rings. The quantitative estimate of drug-likeness (QED) is 0.799. The van der Waals surface area contributed by atoms with Gasteiger partial charge in [0.2, 0.25) is 11.8 Å². The molecule has 1 fully saturated rings. The van der Waals surface area contributed by atoms with Crippen LogP contribution in [0.25, 0.3) is 10.9 Å². The summed E-state index contributed by atoms with van der Waals surface area (Å²) in [7, 11) is 0. The molecule has 1 aliphatic heterocycles. The molecule has 0 bridgehead atoms. The average Bonchev–Trinajstić information content (AvgIpc) is 3.24. The molecular weight excluding hydrogens is 304 g/mol. The highest BCUT2D eigenvalue weighted by atomic mass is 16.5. The molecule has 1 aliphatic rings. The fraction of sp³-hybridized carbons (Fsp3) is 0.278. The minimum absolute atomic E-state index is 0.0198. The van der Waals surface area contributed by atoms with Crippen molar-refractivity contribution in [3.63, 3.8) is 0 Å². The summed E-state index contributed by atoms with van der Waals surface area (Å²) in [4.78, 5) is 17.7. The van der Waals surface area contributed by atoms with E-state index >= 15 is 0 Å². The summed E-state index contributed by atoms with van der Waals surface area (Å²) in [6, 6.07) is 11.6. The Bertz CT molecular complexity index is 846. The molecule has 4 rings (SSSR count). The first-order valence-corrected chi connectivity index (χ1v) is 8.07. The lowest BCUT2D eigenvalue weighted by Crippen LogP contribution is -2.32. The van der Waals surface area contributed by atoms with E-state index in [-0.39, 0.29) is 12.0 Å². The van der Waals surface area contributed by atoms with Gasteiger partial charge >= 0.3 is 0 Å². The molecule has 3 heterocycles. The van der Waals surface area contributed by atoms with Gasteiger partial charge in [-0.3, -0.25) is 4.79 Å². The Kier molecular flexibility index (Phi) is 3.86. The number of aromatic amines is 1. The molecule has 0 unspecified atom stereocenters. The Balaban J connectivity index is 1.39. The SMILES string of the molecule is O=C(Cc1c[nH]c2ccccc12)N1CC[C@H](Oc2cccnn2)C1. The third kappa shape index (κ3) is 2.95. The number of fused-ring (bicyclic) bond motifs is 1. The van der Waals surface area contributed by atoms with Crippen LogP contribution in [-0.4, -0.2) is 45.2 Å². The molecule has 0 aliphatic carbocycles. The van der Waals surface area contributed by atoms with E-state index in [1.165, 1.54) is 0 Å². The molecule has 1 atom stereocenters. The van der Waals surface area contributed by atoms with Gasteiger partial charge in [-0.15, -0.1) is 5.10 Å². The number of amides is 1. The molecule has 0 spiro atoms. The number of ether oxygens (including phenoxy) is 1. The summed E-state index contributed by atoms with van der Waals surface area (Å²) in [6.07, 6.45) is 4.73. The van der Waals surface area contributed by atoms with Crippen LogP contribution in [0.4, 0.5) is 0 Å². The predicted molar refractivity (Wildman–Crippen MR) is 89.6 cm³/mol. The first kappa shape index (κ1) is 14.7. The number of para-hydroxylation sites is 1. The van der Waals surface area contributed by atoms with E-state index < -0.39 is 0 Å². The van der Waals surface area contributed by atoms with Crippen molar-refractivity contribution in [2.24, 2.45) is 0 Å². The lowest BCUT2D eigenvalue weighted by atomic mass is 10.1. The van der Waals surface area contributed by atoms with Crippen molar-refractivity contribution >= 4 is 16.8 Å². The van der Waals surface area contributed by atoms with Crippen LogP contribution in [0.5, 0.6) is 5.88 Å². The number of H-pyrrole nitrogens is 1. The molecule has 24 heavy (non-hydrogen) atoms. The third-order valence-electron chi connectivity index (χ3n) is 4.35. The number of carbonyl (C=O) groups is 1. The van der Waals surface area contributed by atoms with E-state index in [0.29, 0.717) is 25.4 Å². The standard InChI is InChI=1S/C18H18N4O2/c23-18(10-13-11-19-16-5-2-1-4-15(13)16)22-9-7-14(12-22)24-17-6-3-8-20-21-17/h1-6,8,11,14,19H,7,9-10,12H2/t14-/m0/s1. The zero-order chi connectivity index (χ0) is 16.4. The van der Waals surface area contributed by atoms with Gasteiger partial charge in [0.25, 0.3) is 0 Å². The van der Waals surface area contributed by atoms with Crippen LogP contribution in [0.2, 0.25) is 0 Å². The van der Waals surface area contributed by atoms with Crippen LogP contribution in [0, 0.1) is 0 Å². The average molecular weight is 322 g/mol. The van der Waals surface area contributed by atoms with Gasteiger partial charge in [0, 0.05) is 42.3 Å². The molecule has 1 amide bonds. The number of rotatable bonds is 4. The number of hydrogen-bond acceptors (Lipinski definition) is 4. The molecule has 1 aromatic carbocycles. The maximum absolute atomic E-state index is 12.6. The van der Waals surface area contributed by atoms with E-state index in [4.69, 9.17) is 4.74 Å². The zero-order valence-corrected chi connectivity index (χ0v) is 13.2. The van der Waals surface area contributed by atoms with Crippen molar-refractivity contribution in [3.8, 4) is 5.88 Å². The summed E-state index contributed by atoms with van der Waals surface area (Å²) >= 11 is 0. The predicted octanol–water partition coefficient (Wildman–Crippen LogP) is 2.18. The molecule has 122 valence electrons. The number of likely N-dealkylation sites (tertiary alicyclic amines) is 1. The van der Waals surface area contributed by atoms with E-state index in [9.17, 15) is 4.79 Å². The van der Waals surface area contributed by atoms with E-state index in [2.05, 4.69) is 15.2 Å². The minimum Gasteiger partial charge on any atom is -0.471 e. The monoisotopic (exact) mass is 322 g/mol. The van der Waals surface area contributed by atoms with Gasteiger partial charge in [0.15, 0.2) is 0 Å². The maximum atomic E-state index is 12.6. The van der Waals surface area contributed by atoms with Crippen molar-refractivity contribution in [3.05, 3.63) is 54.4 Å². The molecule has 6 nitrogen and oxygen atoms in total. The lowest BCUT2D eigenvalue weighted by Gasteiger charge is -2.16. The lowest BCUT2D eigenvalue weighted by molar-refractivity contribution is -0.129. The fourth-order valence-electron chi connectivity index (χ4n) is 3.12. The Morgan fingerprint density at radius 2 is 2.21 bits per heavy atom. The summed E-state index contributed by atoms with van der Waals surface area (Å²) in [5.41, 5.74) is 2.10. The normalized spacial score (nSPS) is 17.3. The molecule has 1 N–H and O–H groups in total. The molecule has 2 aromatic heterocycles. The van der Waals surface area contributed by atoms with E-state index in [1.807, 2.05) is 35.4 Å². The van der Waals surface area contributed by atoms with Crippen molar-refractivity contribution in [2.45, 2.75) is 18.9 Å². The third-order valence-corrected chi connectivity index (χ3v) is 4.35. The number of aromatic nitrogens is 3. The van der Waals surface area contributed by atoms with Crippen LogP contribution in [-0.2, 0) is 11.2 Å². The van der Waals surface area contributed by atoms with E-state index in [1.54, 1.807) is 18.3 Å². The second-order valence-electron chi connectivity index (χ2n) is 5.97. The van der Waals surface area contributed by atoms with Crippen LogP contribution < -0.4 is 4.74 Å². The number of nitrogens with zero attached hydrogens (tertiary/aromatic N) is 3. The first-order valence-electron chi connectivity index (χ1n) is 8.07. The topological polar surface area (TPSA) is 71.1 Å². The summed E-state index contributed by atoms with van der Waals surface area (Å²) in [5.74, 6) is 0.637. The molecule has 6 heteroatoms. The highest BCUT2D eigenvalue weighted by molar-refractivity contribution is 5.89. The van der Waals surface area contributed by atoms with Crippen molar-refractivity contribution in [2.75, 3.05) is 13.1 Å². The van der Waals surface area contributed by atoms with Crippen LogP contribution in [0.15, 0.2) is 48.8 Å². The first-order chi connectivity index (χ1) is 11.8. The summed E-state index contributed by atoms with van der Waals surface area (Å²) in [6.45, 7) is 1.31. The van der Waals surface area contributed by atoms with Gasteiger partial charge in [0.1, 0.15) is 6.10 Å². The number of carbonyl (C=O) groups excluding carboxylic acids is 1. The highest BCUT2D eigenvalue weighted by Crippen LogP contribution is 2.21. The molecule has 1 saturated heterocycles. The van der Waals surface area contributed by atoms with Gasteiger partial charge in [0.05, 0.1) is 13.0 Å².